The van der Waals surface area contributed by atoms with Gasteiger partial charge in [0, 0.05) is 11.8 Å². The molecule has 0 spiro atoms. The largest absolute Gasteiger partial charge is 0.497 e. The number of halogens is 1. The number of carbonyl (C=O) groups is 1. The summed E-state index contributed by atoms with van der Waals surface area (Å²) in [6.45, 7) is 0. The van der Waals surface area contributed by atoms with Crippen molar-refractivity contribution in [2.75, 3.05) is 12.4 Å². The third kappa shape index (κ3) is 3.37. The molecule has 0 saturated heterocycles. The van der Waals surface area contributed by atoms with E-state index in [1.165, 1.54) is 19.2 Å². The number of carbonyl (C=O) groups excluding carboxylic acids is 1. The van der Waals surface area contributed by atoms with Gasteiger partial charge in [-0.05, 0) is 42.0 Å². The molecule has 0 unspecified atom stereocenters. The Morgan fingerprint density at radius 2 is 1.81 bits per heavy atom. The van der Waals surface area contributed by atoms with Gasteiger partial charge in [-0.3, -0.25) is 4.79 Å². The number of hydrogen-bond donors (Lipinski definition) is 1. The molecule has 0 bridgehead atoms. The van der Waals surface area contributed by atoms with E-state index in [1.807, 2.05) is 0 Å². The van der Waals surface area contributed by atoms with Crippen LogP contribution in [-0.2, 0) is 4.79 Å². The standard InChI is InChI=1S/C25H18FNO5/c1-30-17-6-4-5-16(13-17)27-24(28)23-20(14-9-11-15(26)12-10-14)21-22(32-23)18-7-2-3-8-19(18)31-25(21)29/h2-13,20,23H,1H3,(H,27,28)/t20-,23+/m0/s1. The Kier molecular flexibility index (Phi) is 4.86. The number of para-hydroxylation sites is 1. The molecule has 0 saturated carbocycles. The molecule has 32 heavy (non-hydrogen) atoms. The molecule has 1 aromatic heterocycles. The summed E-state index contributed by atoms with van der Waals surface area (Å²) >= 11 is 0. The Balaban J connectivity index is 1.61. The van der Waals surface area contributed by atoms with Gasteiger partial charge < -0.3 is 19.2 Å². The van der Waals surface area contributed by atoms with E-state index in [0.717, 1.165) is 0 Å². The van der Waals surface area contributed by atoms with Crippen molar-refractivity contribution in [3.63, 3.8) is 0 Å². The number of benzene rings is 3. The lowest BCUT2D eigenvalue weighted by atomic mass is 9.88. The molecule has 5 rings (SSSR count). The van der Waals surface area contributed by atoms with Gasteiger partial charge in [0.05, 0.1) is 24.0 Å². The summed E-state index contributed by atoms with van der Waals surface area (Å²) in [6.07, 6.45) is -1.06. The number of rotatable bonds is 4. The summed E-state index contributed by atoms with van der Waals surface area (Å²) in [6, 6.07) is 19.5. The van der Waals surface area contributed by atoms with Gasteiger partial charge in [-0.25, -0.2) is 9.18 Å². The molecule has 160 valence electrons. The Bertz CT molecular complexity index is 1380. The summed E-state index contributed by atoms with van der Waals surface area (Å²) in [4.78, 5) is 26.2. The van der Waals surface area contributed by atoms with Crippen LogP contribution in [0.25, 0.3) is 11.0 Å². The van der Waals surface area contributed by atoms with Gasteiger partial charge >= 0.3 is 5.63 Å². The number of fused-ring (bicyclic) bond motifs is 3. The summed E-state index contributed by atoms with van der Waals surface area (Å²) < 4.78 is 30.4. The second-order valence-corrected chi connectivity index (χ2v) is 7.42. The van der Waals surface area contributed by atoms with Crippen molar-refractivity contribution in [1.82, 2.24) is 0 Å². The van der Waals surface area contributed by atoms with E-state index >= 15 is 0 Å². The van der Waals surface area contributed by atoms with Crippen molar-refractivity contribution < 1.29 is 23.1 Å². The molecular weight excluding hydrogens is 413 g/mol. The minimum Gasteiger partial charge on any atom is -0.497 e. The zero-order valence-corrected chi connectivity index (χ0v) is 17.0. The highest BCUT2D eigenvalue weighted by Crippen LogP contribution is 2.44. The maximum absolute atomic E-state index is 13.6. The molecule has 0 fully saturated rings. The predicted molar refractivity (Wildman–Crippen MR) is 117 cm³/mol. The van der Waals surface area contributed by atoms with Gasteiger partial charge in [0.15, 0.2) is 6.10 Å². The van der Waals surface area contributed by atoms with Crippen molar-refractivity contribution in [3.8, 4) is 11.5 Å². The Morgan fingerprint density at radius 1 is 1.03 bits per heavy atom. The van der Waals surface area contributed by atoms with Gasteiger partial charge in [-0.1, -0.05) is 30.3 Å². The molecule has 2 heterocycles. The third-order valence-corrected chi connectivity index (χ3v) is 5.48. The van der Waals surface area contributed by atoms with Gasteiger partial charge in [0.25, 0.3) is 5.91 Å². The Hall–Kier alpha value is -4.13. The number of nitrogens with one attached hydrogen (secondary N) is 1. The second kappa shape index (κ2) is 7.85. The van der Waals surface area contributed by atoms with Crippen molar-refractivity contribution in [2.45, 2.75) is 12.0 Å². The molecule has 6 nitrogen and oxygen atoms in total. The molecule has 1 aliphatic heterocycles. The fourth-order valence-corrected chi connectivity index (χ4v) is 4.01. The van der Waals surface area contributed by atoms with Crippen LogP contribution in [0, 0.1) is 5.82 Å². The zero-order valence-electron chi connectivity index (χ0n) is 17.0. The Labute approximate surface area is 182 Å². The first kappa shape index (κ1) is 19.8. The summed E-state index contributed by atoms with van der Waals surface area (Å²) in [5, 5.41) is 3.41. The quantitative estimate of drug-likeness (QED) is 0.483. The molecule has 4 aromatic rings. The molecule has 0 radical (unpaired) electrons. The molecule has 3 aromatic carbocycles. The van der Waals surface area contributed by atoms with Crippen LogP contribution in [0.1, 0.15) is 17.0 Å². The van der Waals surface area contributed by atoms with Gasteiger partial charge in [-0.2, -0.15) is 0 Å². The Morgan fingerprint density at radius 3 is 2.59 bits per heavy atom. The van der Waals surface area contributed by atoms with Gasteiger partial charge in [-0.15, -0.1) is 0 Å². The van der Waals surface area contributed by atoms with Gasteiger partial charge in [0.1, 0.15) is 22.9 Å². The first-order chi connectivity index (χ1) is 15.5. The highest BCUT2D eigenvalue weighted by Gasteiger charge is 2.44. The van der Waals surface area contributed by atoms with Gasteiger partial charge in [0.2, 0.25) is 0 Å². The highest BCUT2D eigenvalue weighted by atomic mass is 19.1. The van der Waals surface area contributed by atoms with E-state index in [1.54, 1.807) is 60.7 Å². The average Bonchev–Trinajstić information content (AvgIpc) is 3.22. The molecular formula is C25H18FNO5. The van der Waals surface area contributed by atoms with E-state index in [0.29, 0.717) is 33.7 Å². The summed E-state index contributed by atoms with van der Waals surface area (Å²) in [5.74, 6) is -0.753. The normalized spacial score (nSPS) is 16.9. The van der Waals surface area contributed by atoms with Crippen molar-refractivity contribution in [1.29, 1.82) is 0 Å². The molecule has 0 aliphatic carbocycles. The maximum atomic E-state index is 13.6. The average molecular weight is 431 g/mol. The third-order valence-electron chi connectivity index (χ3n) is 5.48. The fraction of sp³-hybridized carbons (Fsp3) is 0.120. The van der Waals surface area contributed by atoms with Crippen LogP contribution in [0.15, 0.2) is 82.0 Å². The summed E-state index contributed by atoms with van der Waals surface area (Å²) in [7, 11) is 1.53. The number of amides is 1. The van der Waals surface area contributed by atoms with Crippen LogP contribution in [0.3, 0.4) is 0 Å². The first-order valence-corrected chi connectivity index (χ1v) is 9.98. The SMILES string of the molecule is COc1cccc(NC(=O)[C@@H]2Oc3c(c(=O)oc4ccccc34)[C@@H]2c2ccc(F)cc2)c1. The zero-order chi connectivity index (χ0) is 22.2. The van der Waals surface area contributed by atoms with E-state index < -0.39 is 29.4 Å². The van der Waals surface area contributed by atoms with E-state index in [9.17, 15) is 14.0 Å². The maximum Gasteiger partial charge on any atom is 0.344 e. The molecule has 7 heteroatoms. The smallest absolute Gasteiger partial charge is 0.344 e. The minimum absolute atomic E-state index is 0.237. The lowest BCUT2D eigenvalue weighted by molar-refractivity contribution is -0.122. The summed E-state index contributed by atoms with van der Waals surface area (Å²) in [5.41, 5.74) is 1.09. The van der Waals surface area contributed by atoms with Crippen LogP contribution in [0.5, 0.6) is 11.5 Å². The van der Waals surface area contributed by atoms with Crippen LogP contribution < -0.4 is 20.4 Å². The monoisotopic (exact) mass is 431 g/mol. The van der Waals surface area contributed by atoms with Crippen LogP contribution in [0.2, 0.25) is 0 Å². The highest BCUT2D eigenvalue weighted by molar-refractivity contribution is 5.97. The van der Waals surface area contributed by atoms with Crippen LogP contribution in [0.4, 0.5) is 10.1 Å². The molecule has 1 amide bonds. The topological polar surface area (TPSA) is 77.8 Å². The number of ether oxygens (including phenoxy) is 2. The van der Waals surface area contributed by atoms with E-state index in [2.05, 4.69) is 5.32 Å². The first-order valence-electron chi connectivity index (χ1n) is 9.98. The minimum atomic E-state index is -1.06. The van der Waals surface area contributed by atoms with Crippen LogP contribution >= 0.6 is 0 Å². The lowest BCUT2D eigenvalue weighted by Crippen LogP contribution is -2.35. The molecule has 1 aliphatic rings. The number of anilines is 1. The lowest BCUT2D eigenvalue weighted by Gasteiger charge is -2.19. The van der Waals surface area contributed by atoms with E-state index in [4.69, 9.17) is 13.9 Å². The van der Waals surface area contributed by atoms with Crippen molar-refractivity contribution in [2.24, 2.45) is 0 Å². The van der Waals surface area contributed by atoms with E-state index in [-0.39, 0.29) is 5.56 Å². The van der Waals surface area contributed by atoms with Crippen molar-refractivity contribution >= 4 is 22.6 Å². The number of methoxy groups -OCH3 is 1. The second-order valence-electron chi connectivity index (χ2n) is 7.42. The fourth-order valence-electron chi connectivity index (χ4n) is 4.01. The molecule has 1 N–H and O–H groups in total. The number of hydrogen-bond acceptors (Lipinski definition) is 5. The predicted octanol–water partition coefficient (Wildman–Crippen LogP) is 4.47. The molecule has 2 atom stereocenters. The van der Waals surface area contributed by atoms with Crippen molar-refractivity contribution in [3.05, 3.63) is 100 Å². The van der Waals surface area contributed by atoms with Crippen LogP contribution in [-0.4, -0.2) is 19.1 Å².